The molecule has 1 aromatic heterocycles. The maximum Gasteiger partial charge on any atom is 0.163 e. The fraction of sp³-hybridized carbons (Fsp3) is 0. The number of H-pyrrole nitrogens is 1. The third kappa shape index (κ3) is 2.89. The van der Waals surface area contributed by atoms with Crippen LogP contribution in [0.5, 0.6) is 11.5 Å². The van der Waals surface area contributed by atoms with E-state index in [2.05, 4.69) is 15.4 Å². The fourth-order valence-electron chi connectivity index (χ4n) is 1.90. The van der Waals surface area contributed by atoms with Crippen molar-refractivity contribution < 1.29 is 4.74 Å². The van der Waals surface area contributed by atoms with Gasteiger partial charge >= 0.3 is 0 Å². The zero-order valence-electron chi connectivity index (χ0n) is 11.0. The lowest BCUT2D eigenvalue weighted by Gasteiger charge is -2.08. The standard InChI is InChI=1S/C15H8Cl2N4O/c16-10-4-5-14(12(17)7-10)22-11-3-1-2-9(6-11)15-13(8-18)19-21-20-15/h1-7H,(H,19,20,21). The summed E-state index contributed by atoms with van der Waals surface area (Å²) in [4.78, 5) is 0. The van der Waals surface area contributed by atoms with Gasteiger partial charge < -0.3 is 4.74 Å². The zero-order valence-corrected chi connectivity index (χ0v) is 12.6. The van der Waals surface area contributed by atoms with Crippen LogP contribution in [0.25, 0.3) is 11.3 Å². The van der Waals surface area contributed by atoms with Crippen LogP contribution in [0, 0.1) is 11.3 Å². The van der Waals surface area contributed by atoms with E-state index in [1.54, 1.807) is 36.4 Å². The molecule has 0 unspecified atom stereocenters. The highest BCUT2D eigenvalue weighted by atomic mass is 35.5. The van der Waals surface area contributed by atoms with E-state index < -0.39 is 0 Å². The Morgan fingerprint density at radius 3 is 2.77 bits per heavy atom. The average molecular weight is 331 g/mol. The number of nitrogens with zero attached hydrogens (tertiary/aromatic N) is 3. The smallest absolute Gasteiger partial charge is 0.163 e. The Morgan fingerprint density at radius 2 is 2.00 bits per heavy atom. The van der Waals surface area contributed by atoms with Crippen LogP contribution >= 0.6 is 23.2 Å². The van der Waals surface area contributed by atoms with Crippen LogP contribution in [0.1, 0.15) is 5.69 Å². The maximum absolute atomic E-state index is 9.01. The van der Waals surface area contributed by atoms with E-state index in [1.165, 1.54) is 0 Å². The second kappa shape index (κ2) is 6.06. The van der Waals surface area contributed by atoms with Crippen molar-refractivity contribution in [2.24, 2.45) is 0 Å². The molecule has 0 bridgehead atoms. The van der Waals surface area contributed by atoms with Crippen LogP contribution in [0.3, 0.4) is 0 Å². The van der Waals surface area contributed by atoms with Gasteiger partial charge in [0.15, 0.2) is 5.69 Å². The molecule has 0 radical (unpaired) electrons. The number of nitrogens with one attached hydrogen (secondary N) is 1. The molecule has 5 nitrogen and oxygen atoms in total. The molecule has 0 amide bonds. The molecule has 0 aliphatic heterocycles. The van der Waals surface area contributed by atoms with E-state index >= 15 is 0 Å². The van der Waals surface area contributed by atoms with Gasteiger partial charge in [-0.05, 0) is 30.3 Å². The monoisotopic (exact) mass is 330 g/mol. The lowest BCUT2D eigenvalue weighted by Crippen LogP contribution is -1.88. The molecule has 0 saturated heterocycles. The number of ether oxygens (including phenoxy) is 1. The van der Waals surface area contributed by atoms with Gasteiger partial charge in [0.05, 0.1) is 5.02 Å². The van der Waals surface area contributed by atoms with Crippen LogP contribution in [-0.2, 0) is 0 Å². The number of aromatic amines is 1. The molecule has 1 heterocycles. The minimum Gasteiger partial charge on any atom is -0.456 e. The van der Waals surface area contributed by atoms with Crippen molar-refractivity contribution in [3.05, 3.63) is 58.2 Å². The van der Waals surface area contributed by atoms with Crippen molar-refractivity contribution in [3.8, 4) is 28.8 Å². The van der Waals surface area contributed by atoms with Gasteiger partial charge in [0.2, 0.25) is 0 Å². The molecule has 0 spiro atoms. The van der Waals surface area contributed by atoms with Crippen molar-refractivity contribution in [2.75, 3.05) is 0 Å². The van der Waals surface area contributed by atoms with E-state index in [4.69, 9.17) is 33.2 Å². The molecule has 7 heteroatoms. The largest absolute Gasteiger partial charge is 0.456 e. The first kappa shape index (κ1) is 14.4. The second-order valence-electron chi connectivity index (χ2n) is 4.35. The Labute approximate surface area is 136 Å². The van der Waals surface area contributed by atoms with Gasteiger partial charge in [-0.3, -0.25) is 0 Å². The molecule has 3 rings (SSSR count). The molecule has 1 N–H and O–H groups in total. The lowest BCUT2D eigenvalue weighted by molar-refractivity contribution is 0.483. The molecule has 0 aliphatic rings. The van der Waals surface area contributed by atoms with E-state index in [0.717, 1.165) is 0 Å². The fourth-order valence-corrected chi connectivity index (χ4v) is 2.35. The SMILES string of the molecule is N#Cc1[nH]nnc1-c1cccc(Oc2ccc(Cl)cc2Cl)c1. The van der Waals surface area contributed by atoms with Gasteiger partial charge in [0, 0.05) is 10.6 Å². The van der Waals surface area contributed by atoms with Crippen molar-refractivity contribution >= 4 is 23.2 Å². The Morgan fingerprint density at radius 1 is 1.14 bits per heavy atom. The molecule has 22 heavy (non-hydrogen) atoms. The van der Waals surface area contributed by atoms with Crippen LogP contribution in [-0.4, -0.2) is 15.4 Å². The minimum atomic E-state index is 0.293. The topological polar surface area (TPSA) is 74.6 Å². The molecule has 2 aromatic carbocycles. The summed E-state index contributed by atoms with van der Waals surface area (Å²) >= 11 is 11.9. The summed E-state index contributed by atoms with van der Waals surface area (Å²) in [5, 5.41) is 20.0. The summed E-state index contributed by atoms with van der Waals surface area (Å²) in [5.74, 6) is 1.05. The normalized spacial score (nSPS) is 10.2. The molecule has 0 fully saturated rings. The van der Waals surface area contributed by atoms with Crippen LogP contribution < -0.4 is 4.74 Å². The Bertz CT molecular complexity index is 870. The lowest BCUT2D eigenvalue weighted by atomic mass is 10.1. The van der Waals surface area contributed by atoms with Crippen LogP contribution in [0.2, 0.25) is 10.0 Å². The first-order valence-corrected chi connectivity index (χ1v) is 6.97. The second-order valence-corrected chi connectivity index (χ2v) is 5.20. The molecule has 0 aliphatic carbocycles. The van der Waals surface area contributed by atoms with Crippen LogP contribution in [0.15, 0.2) is 42.5 Å². The van der Waals surface area contributed by atoms with Crippen molar-refractivity contribution in [1.82, 2.24) is 15.4 Å². The highest BCUT2D eigenvalue weighted by molar-refractivity contribution is 6.35. The van der Waals surface area contributed by atoms with Gasteiger partial charge in [0.25, 0.3) is 0 Å². The Hall–Kier alpha value is -2.55. The molecule has 0 atom stereocenters. The number of hydrogen-bond acceptors (Lipinski definition) is 4. The number of rotatable bonds is 3. The third-order valence-corrected chi connectivity index (χ3v) is 3.42. The predicted octanol–water partition coefficient (Wildman–Crippen LogP) is 4.44. The van der Waals surface area contributed by atoms with E-state index in [1.807, 2.05) is 12.1 Å². The highest BCUT2D eigenvalue weighted by Crippen LogP contribution is 2.33. The summed E-state index contributed by atoms with van der Waals surface area (Å²) in [7, 11) is 0. The van der Waals surface area contributed by atoms with E-state index in [-0.39, 0.29) is 0 Å². The van der Waals surface area contributed by atoms with Gasteiger partial charge in [-0.2, -0.15) is 5.26 Å². The van der Waals surface area contributed by atoms with Gasteiger partial charge in [-0.25, -0.2) is 5.10 Å². The van der Waals surface area contributed by atoms with Crippen molar-refractivity contribution in [1.29, 1.82) is 5.26 Å². The number of benzene rings is 2. The molecular formula is C15H8Cl2N4O. The number of aromatic nitrogens is 3. The Balaban J connectivity index is 1.93. The highest BCUT2D eigenvalue weighted by Gasteiger charge is 2.11. The van der Waals surface area contributed by atoms with Crippen molar-refractivity contribution in [3.63, 3.8) is 0 Å². The third-order valence-electron chi connectivity index (χ3n) is 2.89. The van der Waals surface area contributed by atoms with E-state index in [9.17, 15) is 0 Å². The summed E-state index contributed by atoms with van der Waals surface area (Å²) in [6, 6.07) is 14.1. The summed E-state index contributed by atoms with van der Waals surface area (Å²) in [5.41, 5.74) is 1.48. The quantitative estimate of drug-likeness (QED) is 0.770. The number of nitriles is 1. The summed E-state index contributed by atoms with van der Waals surface area (Å²) in [6.45, 7) is 0. The van der Waals surface area contributed by atoms with Gasteiger partial charge in [-0.1, -0.05) is 40.5 Å². The number of halogens is 2. The van der Waals surface area contributed by atoms with Gasteiger partial charge in [0.1, 0.15) is 23.3 Å². The number of hydrogen-bond donors (Lipinski definition) is 1. The maximum atomic E-state index is 9.01. The zero-order chi connectivity index (χ0) is 15.5. The van der Waals surface area contributed by atoms with Gasteiger partial charge in [-0.15, -0.1) is 5.10 Å². The summed E-state index contributed by atoms with van der Waals surface area (Å²) in [6.07, 6.45) is 0. The average Bonchev–Trinajstić information content (AvgIpc) is 2.99. The first-order valence-electron chi connectivity index (χ1n) is 6.22. The van der Waals surface area contributed by atoms with E-state index in [0.29, 0.717) is 38.5 Å². The first-order chi connectivity index (χ1) is 10.7. The predicted molar refractivity (Wildman–Crippen MR) is 83.1 cm³/mol. The molecule has 0 saturated carbocycles. The Kier molecular flexibility index (Phi) is 3.96. The minimum absolute atomic E-state index is 0.293. The molecular weight excluding hydrogens is 323 g/mol. The molecule has 3 aromatic rings. The molecule has 108 valence electrons. The summed E-state index contributed by atoms with van der Waals surface area (Å²) < 4.78 is 5.74. The van der Waals surface area contributed by atoms with Crippen molar-refractivity contribution in [2.45, 2.75) is 0 Å². The van der Waals surface area contributed by atoms with Crippen LogP contribution in [0.4, 0.5) is 0 Å².